The molecule has 3 fully saturated rings. The monoisotopic (exact) mass is 224 g/mol. The molecule has 2 heteroatoms. The van der Waals surface area contributed by atoms with Crippen LogP contribution in [-0.4, -0.2) is 22.4 Å². The van der Waals surface area contributed by atoms with Crippen LogP contribution in [0.3, 0.4) is 0 Å². The smallest absolute Gasteiger partial charge is 0.0825 e. The van der Waals surface area contributed by atoms with Crippen LogP contribution in [0.25, 0.3) is 0 Å². The van der Waals surface area contributed by atoms with Crippen molar-refractivity contribution in [3.63, 3.8) is 0 Å². The summed E-state index contributed by atoms with van der Waals surface area (Å²) in [6.07, 6.45) is 0.985. The molecule has 5 atom stereocenters. The Hall–Kier alpha value is -0.340. The molecule has 0 radical (unpaired) electrons. The average molecular weight is 224 g/mol. The Morgan fingerprint density at radius 2 is 1.88 bits per heavy atom. The molecule has 3 aliphatic carbocycles. The number of aliphatic hydroxyl groups excluding tert-OH is 2. The molecule has 2 nitrogen and oxygen atoms in total. The van der Waals surface area contributed by atoms with Crippen LogP contribution in [0.4, 0.5) is 0 Å². The van der Waals surface area contributed by atoms with Crippen LogP contribution in [0.5, 0.6) is 0 Å². The van der Waals surface area contributed by atoms with Crippen LogP contribution in [0.1, 0.15) is 40.5 Å². The molecule has 0 aromatic rings. The van der Waals surface area contributed by atoms with Crippen molar-refractivity contribution in [1.29, 1.82) is 0 Å². The van der Waals surface area contributed by atoms with Crippen molar-refractivity contribution in [1.82, 2.24) is 0 Å². The minimum atomic E-state index is -0.590. The number of hydrogen-bond donors (Lipinski definition) is 2. The van der Waals surface area contributed by atoms with Gasteiger partial charge in [0, 0.05) is 5.41 Å². The van der Waals surface area contributed by atoms with Gasteiger partial charge in [0.2, 0.25) is 0 Å². The maximum absolute atomic E-state index is 10.3. The van der Waals surface area contributed by atoms with Gasteiger partial charge < -0.3 is 10.2 Å². The molecule has 0 spiro atoms. The summed E-state index contributed by atoms with van der Waals surface area (Å²) in [4.78, 5) is 0. The summed E-state index contributed by atoms with van der Waals surface area (Å²) in [7, 11) is 0. The van der Waals surface area contributed by atoms with E-state index in [9.17, 15) is 10.2 Å². The van der Waals surface area contributed by atoms with E-state index in [1.807, 2.05) is 13.8 Å². The Morgan fingerprint density at radius 3 is 2.31 bits per heavy atom. The van der Waals surface area contributed by atoms with E-state index in [4.69, 9.17) is 0 Å². The van der Waals surface area contributed by atoms with Crippen molar-refractivity contribution >= 4 is 0 Å². The van der Waals surface area contributed by atoms with E-state index in [2.05, 4.69) is 20.4 Å². The second-order valence-corrected chi connectivity index (χ2v) is 6.67. The van der Waals surface area contributed by atoms with Crippen molar-refractivity contribution in [2.45, 2.75) is 52.7 Å². The predicted molar refractivity (Wildman–Crippen MR) is 64.9 cm³/mol. The normalized spacial score (nSPS) is 47.0. The van der Waals surface area contributed by atoms with Crippen LogP contribution in [0, 0.1) is 22.7 Å². The molecule has 0 amide bonds. The van der Waals surface area contributed by atoms with E-state index in [-0.39, 0.29) is 5.41 Å². The predicted octanol–water partition coefficient (Wildman–Crippen LogP) is 2.36. The lowest BCUT2D eigenvalue weighted by molar-refractivity contribution is -0.235. The lowest BCUT2D eigenvalue weighted by Crippen LogP contribution is -2.66. The minimum Gasteiger partial charge on any atom is -0.392 e. The first-order valence-electron chi connectivity index (χ1n) is 6.23. The molecule has 0 unspecified atom stereocenters. The Morgan fingerprint density at radius 1 is 1.31 bits per heavy atom. The molecule has 0 aromatic carbocycles. The number of rotatable bonds is 2. The highest BCUT2D eigenvalue weighted by atomic mass is 16.3. The van der Waals surface area contributed by atoms with Gasteiger partial charge in [-0.1, -0.05) is 32.9 Å². The summed E-state index contributed by atoms with van der Waals surface area (Å²) in [5, 5.41) is 20.6. The van der Waals surface area contributed by atoms with Crippen molar-refractivity contribution in [3.05, 3.63) is 12.2 Å². The van der Waals surface area contributed by atoms with Crippen LogP contribution in [0.2, 0.25) is 0 Å². The highest BCUT2D eigenvalue weighted by Crippen LogP contribution is 2.67. The van der Waals surface area contributed by atoms with E-state index >= 15 is 0 Å². The van der Waals surface area contributed by atoms with Gasteiger partial charge in [-0.25, -0.2) is 0 Å². The molecular formula is C14H24O2. The van der Waals surface area contributed by atoms with Crippen molar-refractivity contribution < 1.29 is 10.2 Å². The summed E-state index contributed by atoms with van der Waals surface area (Å²) in [5.41, 5.74) is 0.608. The van der Waals surface area contributed by atoms with Gasteiger partial charge in [0.05, 0.1) is 12.2 Å². The third-order valence-corrected chi connectivity index (χ3v) is 5.50. The fraction of sp³-hybridized carbons (Fsp3) is 0.857. The van der Waals surface area contributed by atoms with Gasteiger partial charge in [0.15, 0.2) is 0 Å². The van der Waals surface area contributed by atoms with Gasteiger partial charge in [-0.2, -0.15) is 0 Å². The zero-order valence-electron chi connectivity index (χ0n) is 10.8. The summed E-state index contributed by atoms with van der Waals surface area (Å²) < 4.78 is 0. The third-order valence-electron chi connectivity index (χ3n) is 5.50. The summed E-state index contributed by atoms with van der Waals surface area (Å²) in [6.45, 7) is 12.3. The molecule has 3 saturated carbocycles. The molecule has 3 aliphatic rings. The Labute approximate surface area is 98.4 Å². The van der Waals surface area contributed by atoms with E-state index in [1.54, 1.807) is 0 Å². The highest BCUT2D eigenvalue weighted by Gasteiger charge is 2.65. The van der Waals surface area contributed by atoms with E-state index in [0.717, 1.165) is 18.4 Å². The van der Waals surface area contributed by atoms with Crippen LogP contribution < -0.4 is 0 Å². The van der Waals surface area contributed by atoms with Gasteiger partial charge in [-0.3, -0.25) is 0 Å². The second kappa shape index (κ2) is 3.33. The Bertz CT molecular complexity index is 321. The van der Waals surface area contributed by atoms with Crippen molar-refractivity contribution in [2.24, 2.45) is 22.7 Å². The first-order chi connectivity index (χ1) is 7.22. The third kappa shape index (κ3) is 1.26. The van der Waals surface area contributed by atoms with E-state index in [1.165, 1.54) is 0 Å². The standard InChI is InChI=1S/C14H24O2/c1-8(2)12(16)14(5)10-6-9(7-11(14)15)13(10,3)4/h9-12,15-16H,1,6-7H2,2-5H3/t9-,10-,11+,12+,14-/m0/s1. The number of aliphatic hydroxyl groups is 2. The van der Waals surface area contributed by atoms with E-state index in [0.29, 0.717) is 11.8 Å². The van der Waals surface area contributed by atoms with Gasteiger partial charge in [-0.15, -0.1) is 0 Å². The number of fused-ring (bicyclic) bond motifs is 2. The van der Waals surface area contributed by atoms with Crippen molar-refractivity contribution in [3.8, 4) is 0 Å². The first kappa shape index (κ1) is 12.1. The highest BCUT2D eigenvalue weighted by molar-refractivity contribution is 5.18. The maximum atomic E-state index is 10.3. The van der Waals surface area contributed by atoms with Gasteiger partial charge in [-0.05, 0) is 37.0 Å². The molecule has 92 valence electrons. The van der Waals surface area contributed by atoms with Gasteiger partial charge in [0.25, 0.3) is 0 Å². The SMILES string of the molecule is C=C(C)[C@@H](O)[C@]1(C)[C@H](O)C[C@@H]2C[C@H]1C2(C)C. The molecule has 16 heavy (non-hydrogen) atoms. The minimum absolute atomic E-state index is 0.254. The summed E-state index contributed by atoms with van der Waals surface area (Å²) in [5.74, 6) is 1.03. The van der Waals surface area contributed by atoms with Crippen molar-refractivity contribution in [2.75, 3.05) is 0 Å². The van der Waals surface area contributed by atoms with Crippen LogP contribution >= 0.6 is 0 Å². The molecule has 2 bridgehead atoms. The molecule has 0 saturated heterocycles. The maximum Gasteiger partial charge on any atom is 0.0825 e. The zero-order valence-corrected chi connectivity index (χ0v) is 10.8. The average Bonchev–Trinajstić information content (AvgIpc) is 2.19. The summed E-state index contributed by atoms with van der Waals surface area (Å²) in [6, 6.07) is 0. The molecule has 3 rings (SSSR count). The zero-order chi connectivity index (χ0) is 12.3. The lowest BCUT2D eigenvalue weighted by Gasteiger charge is -2.67. The number of hydrogen-bond acceptors (Lipinski definition) is 2. The Kier molecular flexibility index (Phi) is 2.52. The topological polar surface area (TPSA) is 40.5 Å². The molecule has 0 aromatic heterocycles. The molecule has 0 heterocycles. The van der Waals surface area contributed by atoms with Gasteiger partial charge >= 0.3 is 0 Å². The van der Waals surface area contributed by atoms with Crippen LogP contribution in [-0.2, 0) is 0 Å². The second-order valence-electron chi connectivity index (χ2n) is 6.67. The fourth-order valence-electron chi connectivity index (χ4n) is 4.13. The van der Waals surface area contributed by atoms with Crippen LogP contribution in [0.15, 0.2) is 12.2 Å². The van der Waals surface area contributed by atoms with E-state index < -0.39 is 17.6 Å². The quantitative estimate of drug-likeness (QED) is 0.707. The van der Waals surface area contributed by atoms with Gasteiger partial charge in [0.1, 0.15) is 0 Å². The molecular weight excluding hydrogens is 200 g/mol. The fourth-order valence-corrected chi connectivity index (χ4v) is 4.13. The Balaban J connectivity index is 2.34. The summed E-state index contributed by atoms with van der Waals surface area (Å²) >= 11 is 0. The lowest BCUT2D eigenvalue weighted by atomic mass is 9.39. The molecule has 0 aliphatic heterocycles. The molecule has 2 N–H and O–H groups in total. The largest absolute Gasteiger partial charge is 0.392 e. The first-order valence-corrected chi connectivity index (χ1v) is 6.23.